The SMILES string of the molecule is Fc1ccc2c(c1)nc(CCCl)n2CCSC(F)(F)F. The highest BCUT2D eigenvalue weighted by Gasteiger charge is 2.27. The third kappa shape index (κ3) is 3.79. The molecule has 0 amide bonds. The van der Waals surface area contributed by atoms with Gasteiger partial charge in [0, 0.05) is 30.7 Å². The Labute approximate surface area is 122 Å². The monoisotopic (exact) mass is 326 g/mol. The fourth-order valence-corrected chi connectivity index (χ4v) is 2.60. The molecular weight excluding hydrogens is 316 g/mol. The smallest absolute Gasteiger partial charge is 0.327 e. The quantitative estimate of drug-likeness (QED) is 0.605. The molecule has 0 saturated carbocycles. The number of aromatic nitrogens is 2. The van der Waals surface area contributed by atoms with Crippen molar-refractivity contribution >= 4 is 34.4 Å². The molecule has 8 heteroatoms. The molecule has 110 valence electrons. The van der Waals surface area contributed by atoms with E-state index in [1.165, 1.54) is 18.2 Å². The molecule has 20 heavy (non-hydrogen) atoms. The first kappa shape index (κ1) is 15.4. The average molecular weight is 327 g/mol. The Hall–Kier alpha value is -0.950. The first-order valence-corrected chi connectivity index (χ1v) is 7.34. The molecule has 0 aliphatic rings. The molecule has 1 aromatic heterocycles. The van der Waals surface area contributed by atoms with Gasteiger partial charge in [-0.2, -0.15) is 13.2 Å². The number of hydrogen-bond acceptors (Lipinski definition) is 2. The summed E-state index contributed by atoms with van der Waals surface area (Å²) in [5.41, 5.74) is -3.20. The van der Waals surface area contributed by atoms with Crippen molar-refractivity contribution in [3.63, 3.8) is 0 Å². The Bertz CT molecular complexity index is 597. The zero-order chi connectivity index (χ0) is 14.8. The van der Waals surface area contributed by atoms with Crippen molar-refractivity contribution in [2.24, 2.45) is 0 Å². The van der Waals surface area contributed by atoms with E-state index in [-0.39, 0.29) is 24.1 Å². The minimum Gasteiger partial charge on any atom is -0.327 e. The molecule has 0 radical (unpaired) electrons. The molecule has 2 nitrogen and oxygen atoms in total. The van der Waals surface area contributed by atoms with Crippen LogP contribution in [-0.4, -0.2) is 26.7 Å². The molecule has 2 aromatic rings. The Balaban J connectivity index is 2.26. The van der Waals surface area contributed by atoms with Gasteiger partial charge < -0.3 is 4.57 Å². The molecule has 0 saturated heterocycles. The summed E-state index contributed by atoms with van der Waals surface area (Å²) >= 11 is 5.58. The van der Waals surface area contributed by atoms with Gasteiger partial charge in [-0.3, -0.25) is 0 Å². The lowest BCUT2D eigenvalue weighted by atomic mass is 10.3. The van der Waals surface area contributed by atoms with Crippen molar-refractivity contribution in [3.05, 3.63) is 29.8 Å². The van der Waals surface area contributed by atoms with E-state index in [4.69, 9.17) is 11.6 Å². The summed E-state index contributed by atoms with van der Waals surface area (Å²) in [6.45, 7) is 0.151. The minimum absolute atomic E-state index is 0.0854. The Kier molecular flexibility index (Phi) is 4.80. The first-order chi connectivity index (χ1) is 9.40. The van der Waals surface area contributed by atoms with Crippen molar-refractivity contribution in [3.8, 4) is 0 Å². The Morgan fingerprint density at radius 3 is 2.70 bits per heavy atom. The number of hydrogen-bond donors (Lipinski definition) is 0. The Morgan fingerprint density at radius 1 is 1.30 bits per heavy atom. The number of rotatable bonds is 5. The molecule has 1 aromatic carbocycles. The van der Waals surface area contributed by atoms with Gasteiger partial charge in [0.1, 0.15) is 11.6 Å². The third-order valence-electron chi connectivity index (χ3n) is 2.69. The normalized spacial score (nSPS) is 12.2. The van der Waals surface area contributed by atoms with E-state index in [1.54, 1.807) is 4.57 Å². The fraction of sp³-hybridized carbons (Fsp3) is 0.417. The van der Waals surface area contributed by atoms with Crippen LogP contribution in [0.25, 0.3) is 11.0 Å². The molecular formula is C12H11ClF4N2S. The van der Waals surface area contributed by atoms with Crippen LogP contribution in [0.4, 0.5) is 17.6 Å². The number of halogens is 5. The predicted molar refractivity (Wildman–Crippen MR) is 72.6 cm³/mol. The van der Waals surface area contributed by atoms with Gasteiger partial charge in [-0.15, -0.1) is 11.6 Å². The summed E-state index contributed by atoms with van der Waals surface area (Å²) < 4.78 is 51.3. The van der Waals surface area contributed by atoms with Crippen LogP contribution in [-0.2, 0) is 13.0 Å². The van der Waals surface area contributed by atoms with Crippen molar-refractivity contribution in [2.75, 3.05) is 11.6 Å². The third-order valence-corrected chi connectivity index (χ3v) is 3.59. The summed E-state index contributed by atoms with van der Waals surface area (Å²) in [4.78, 5) is 4.23. The number of nitrogens with zero attached hydrogens (tertiary/aromatic N) is 2. The lowest BCUT2D eigenvalue weighted by Crippen LogP contribution is -2.10. The van der Waals surface area contributed by atoms with E-state index in [1.807, 2.05) is 0 Å². The molecule has 1 heterocycles. The maximum Gasteiger partial charge on any atom is 0.441 e. The van der Waals surface area contributed by atoms with Crippen molar-refractivity contribution < 1.29 is 17.6 Å². The zero-order valence-corrected chi connectivity index (χ0v) is 11.8. The van der Waals surface area contributed by atoms with E-state index < -0.39 is 11.3 Å². The van der Waals surface area contributed by atoms with Gasteiger partial charge in [0.25, 0.3) is 0 Å². The molecule has 0 aliphatic heterocycles. The lowest BCUT2D eigenvalue weighted by Gasteiger charge is -2.09. The van der Waals surface area contributed by atoms with E-state index in [0.29, 0.717) is 29.2 Å². The molecule has 0 aliphatic carbocycles. The van der Waals surface area contributed by atoms with Crippen molar-refractivity contribution in [1.29, 1.82) is 0 Å². The van der Waals surface area contributed by atoms with E-state index >= 15 is 0 Å². The van der Waals surface area contributed by atoms with Crippen molar-refractivity contribution in [2.45, 2.75) is 18.5 Å². The van der Waals surface area contributed by atoms with E-state index in [0.717, 1.165) is 0 Å². The van der Waals surface area contributed by atoms with Gasteiger partial charge in [0.15, 0.2) is 0 Å². The first-order valence-electron chi connectivity index (χ1n) is 5.82. The Morgan fingerprint density at radius 2 is 2.05 bits per heavy atom. The van der Waals surface area contributed by atoms with Gasteiger partial charge in [-0.25, -0.2) is 9.37 Å². The van der Waals surface area contributed by atoms with Gasteiger partial charge >= 0.3 is 5.51 Å². The standard InChI is InChI=1S/C12H11ClF4N2S/c13-4-3-11-18-9-7-8(14)1-2-10(9)19(11)5-6-20-12(15,16)17/h1-2,7H,3-6H2. The van der Waals surface area contributed by atoms with Crippen molar-refractivity contribution in [1.82, 2.24) is 9.55 Å². The molecule has 0 bridgehead atoms. The summed E-state index contributed by atoms with van der Waals surface area (Å²) in [5.74, 6) is 0.326. The summed E-state index contributed by atoms with van der Waals surface area (Å²) in [7, 11) is 0. The highest BCUT2D eigenvalue weighted by Crippen LogP contribution is 2.30. The van der Waals surface area contributed by atoms with Crippen LogP contribution < -0.4 is 0 Å². The molecule has 0 unspecified atom stereocenters. The number of alkyl halides is 4. The number of fused-ring (bicyclic) bond motifs is 1. The maximum absolute atomic E-state index is 13.1. The topological polar surface area (TPSA) is 17.8 Å². The van der Waals surface area contributed by atoms with E-state index in [9.17, 15) is 17.6 Å². The zero-order valence-electron chi connectivity index (χ0n) is 10.3. The second kappa shape index (κ2) is 6.22. The second-order valence-corrected chi connectivity index (χ2v) is 5.58. The van der Waals surface area contributed by atoms with Gasteiger partial charge in [-0.05, 0) is 23.9 Å². The molecule has 2 rings (SSSR count). The highest BCUT2D eigenvalue weighted by molar-refractivity contribution is 8.00. The highest BCUT2D eigenvalue weighted by atomic mass is 35.5. The molecule has 0 N–H and O–H groups in total. The molecule has 0 atom stereocenters. The van der Waals surface area contributed by atoms with Gasteiger partial charge in [-0.1, -0.05) is 0 Å². The van der Waals surface area contributed by atoms with Crippen LogP contribution in [0.5, 0.6) is 0 Å². The molecule has 0 spiro atoms. The summed E-state index contributed by atoms with van der Waals surface area (Å²) in [5, 5.41) is 0. The van der Waals surface area contributed by atoms with Gasteiger partial charge in [0.05, 0.1) is 11.0 Å². The maximum atomic E-state index is 13.1. The van der Waals surface area contributed by atoms with Crippen LogP contribution in [0.1, 0.15) is 5.82 Å². The van der Waals surface area contributed by atoms with Gasteiger partial charge in [0.2, 0.25) is 0 Å². The largest absolute Gasteiger partial charge is 0.441 e. The fourth-order valence-electron chi connectivity index (χ4n) is 1.93. The number of imidazole rings is 1. The van der Waals surface area contributed by atoms with Crippen LogP contribution in [0, 0.1) is 5.82 Å². The summed E-state index contributed by atoms with van der Waals surface area (Å²) in [6.07, 6.45) is 0.425. The van der Waals surface area contributed by atoms with Crippen LogP contribution in [0.2, 0.25) is 0 Å². The van der Waals surface area contributed by atoms with E-state index in [2.05, 4.69) is 4.98 Å². The molecule has 0 fully saturated rings. The average Bonchev–Trinajstić information content (AvgIpc) is 2.65. The summed E-state index contributed by atoms with van der Waals surface area (Å²) in [6, 6.07) is 4.05. The van der Waals surface area contributed by atoms with Crippen LogP contribution in [0.15, 0.2) is 18.2 Å². The van der Waals surface area contributed by atoms with Crippen LogP contribution in [0.3, 0.4) is 0 Å². The number of benzene rings is 1. The number of aryl methyl sites for hydroxylation is 2. The second-order valence-electron chi connectivity index (χ2n) is 4.05. The minimum atomic E-state index is -4.25. The number of thioether (sulfide) groups is 1. The predicted octanol–water partition coefficient (Wildman–Crippen LogP) is 4.21. The lowest BCUT2D eigenvalue weighted by molar-refractivity contribution is -0.0328. The van der Waals surface area contributed by atoms with Crippen LogP contribution >= 0.6 is 23.4 Å².